The molecule has 0 fully saturated rings. The summed E-state index contributed by atoms with van der Waals surface area (Å²) in [6, 6.07) is 55.9. The summed E-state index contributed by atoms with van der Waals surface area (Å²) in [7, 11) is 0. The van der Waals surface area contributed by atoms with Gasteiger partial charge in [0.1, 0.15) is 5.58 Å². The first-order chi connectivity index (χ1) is 28.7. The quantitative estimate of drug-likeness (QED) is 0.132. The van der Waals surface area contributed by atoms with Crippen molar-refractivity contribution in [1.29, 1.82) is 0 Å². The standard InChI is InChI=1S/C53H44N4O/c1-3-5-15-35-25-28-37(29-26-35)39-19-14-20-40(34-39)52-54-51(38-17-8-7-9-18-38)55-53(56-52)44-22-11-13-24-47(44)57-46-23-12-10-21-41(46)42-30-31-43-45-33-36(16-6-4-2)27-32-48(45)58-50(43)49(42)57/h7-14,17-34H,3-6,15-16H2,1-2H3. The number of aryl methyl sites for hydroxylation is 2. The molecule has 0 spiro atoms. The highest BCUT2D eigenvalue weighted by atomic mass is 16.3. The maximum absolute atomic E-state index is 6.83. The minimum absolute atomic E-state index is 0.605. The van der Waals surface area contributed by atoms with Gasteiger partial charge in [-0.2, -0.15) is 0 Å². The average Bonchev–Trinajstić information content (AvgIpc) is 3.83. The molecule has 0 amide bonds. The minimum Gasteiger partial charge on any atom is -0.454 e. The molecule has 3 heterocycles. The highest BCUT2D eigenvalue weighted by molar-refractivity contribution is 6.21. The van der Waals surface area contributed by atoms with E-state index in [4.69, 9.17) is 19.4 Å². The van der Waals surface area contributed by atoms with Gasteiger partial charge in [-0.15, -0.1) is 0 Å². The van der Waals surface area contributed by atoms with Crippen LogP contribution >= 0.6 is 0 Å². The second-order valence-corrected chi connectivity index (χ2v) is 15.3. The first-order valence-corrected chi connectivity index (χ1v) is 20.6. The van der Waals surface area contributed by atoms with Crippen LogP contribution in [-0.4, -0.2) is 19.5 Å². The summed E-state index contributed by atoms with van der Waals surface area (Å²) in [5.41, 5.74) is 12.7. The van der Waals surface area contributed by atoms with E-state index in [2.05, 4.69) is 158 Å². The number of hydrogen-bond acceptors (Lipinski definition) is 4. The predicted molar refractivity (Wildman–Crippen MR) is 240 cm³/mol. The molecule has 3 aromatic heterocycles. The number of nitrogens with zero attached hydrogens (tertiary/aromatic N) is 4. The molecule has 0 aliphatic heterocycles. The van der Waals surface area contributed by atoms with Crippen molar-refractivity contribution in [2.45, 2.75) is 52.4 Å². The second kappa shape index (κ2) is 15.2. The van der Waals surface area contributed by atoms with Gasteiger partial charge in [0.15, 0.2) is 23.1 Å². The van der Waals surface area contributed by atoms with Crippen molar-refractivity contribution in [3.8, 4) is 51.0 Å². The second-order valence-electron chi connectivity index (χ2n) is 15.3. The molecule has 0 atom stereocenters. The summed E-state index contributed by atoms with van der Waals surface area (Å²) in [6.45, 7) is 4.48. The molecule has 0 aliphatic carbocycles. The third-order valence-electron chi connectivity index (χ3n) is 11.4. The molecular formula is C53H44N4O. The van der Waals surface area contributed by atoms with Gasteiger partial charge < -0.3 is 8.98 Å². The van der Waals surface area contributed by atoms with Crippen molar-refractivity contribution in [2.75, 3.05) is 0 Å². The number of benzene rings is 7. The summed E-state index contributed by atoms with van der Waals surface area (Å²) < 4.78 is 9.17. The maximum Gasteiger partial charge on any atom is 0.166 e. The normalized spacial score (nSPS) is 11.7. The van der Waals surface area contributed by atoms with E-state index in [1.54, 1.807) is 0 Å². The first kappa shape index (κ1) is 35.6. The Morgan fingerprint density at radius 3 is 1.95 bits per heavy atom. The van der Waals surface area contributed by atoms with E-state index in [9.17, 15) is 0 Å². The molecule has 0 unspecified atom stereocenters. The molecule has 0 N–H and O–H groups in total. The Labute approximate surface area is 338 Å². The van der Waals surface area contributed by atoms with E-state index in [0.29, 0.717) is 17.5 Å². The van der Waals surface area contributed by atoms with Gasteiger partial charge in [-0.05, 0) is 90.4 Å². The van der Waals surface area contributed by atoms with E-state index < -0.39 is 0 Å². The van der Waals surface area contributed by atoms with Gasteiger partial charge in [-0.3, -0.25) is 0 Å². The molecule has 282 valence electrons. The number of para-hydroxylation sites is 2. The number of hydrogen-bond donors (Lipinski definition) is 0. The zero-order valence-corrected chi connectivity index (χ0v) is 33.0. The van der Waals surface area contributed by atoms with Crippen molar-refractivity contribution in [1.82, 2.24) is 19.5 Å². The minimum atomic E-state index is 0.605. The van der Waals surface area contributed by atoms with Crippen molar-refractivity contribution in [3.05, 3.63) is 169 Å². The maximum atomic E-state index is 6.83. The Morgan fingerprint density at radius 1 is 0.466 bits per heavy atom. The molecule has 0 saturated heterocycles. The predicted octanol–water partition coefficient (Wildman–Crippen LogP) is 14.2. The lowest BCUT2D eigenvalue weighted by Crippen LogP contribution is -2.03. The monoisotopic (exact) mass is 752 g/mol. The molecule has 0 radical (unpaired) electrons. The van der Waals surface area contributed by atoms with Gasteiger partial charge in [-0.1, -0.05) is 142 Å². The number of aromatic nitrogens is 4. The molecule has 5 nitrogen and oxygen atoms in total. The number of rotatable bonds is 11. The fraction of sp³-hybridized carbons (Fsp3) is 0.151. The average molecular weight is 753 g/mol. The highest BCUT2D eigenvalue weighted by Gasteiger charge is 2.22. The van der Waals surface area contributed by atoms with E-state index >= 15 is 0 Å². The van der Waals surface area contributed by atoms with Crippen molar-refractivity contribution >= 4 is 43.7 Å². The first-order valence-electron chi connectivity index (χ1n) is 20.6. The molecule has 0 bridgehead atoms. The van der Waals surface area contributed by atoms with Crippen LogP contribution in [0.25, 0.3) is 94.7 Å². The van der Waals surface area contributed by atoms with Crippen molar-refractivity contribution < 1.29 is 4.42 Å². The summed E-state index contributed by atoms with van der Waals surface area (Å²) in [5, 5.41) is 4.57. The van der Waals surface area contributed by atoms with Gasteiger partial charge in [0.2, 0.25) is 0 Å². The smallest absolute Gasteiger partial charge is 0.166 e. The molecule has 7 aromatic carbocycles. The van der Waals surface area contributed by atoms with E-state index in [0.717, 1.165) is 84.5 Å². The topological polar surface area (TPSA) is 56.7 Å². The van der Waals surface area contributed by atoms with Crippen LogP contribution in [0, 0.1) is 0 Å². The Morgan fingerprint density at radius 2 is 1.12 bits per heavy atom. The Balaban J connectivity index is 1.17. The van der Waals surface area contributed by atoms with Crippen molar-refractivity contribution in [3.63, 3.8) is 0 Å². The third-order valence-corrected chi connectivity index (χ3v) is 11.4. The van der Waals surface area contributed by atoms with Crippen LogP contribution in [0.5, 0.6) is 0 Å². The van der Waals surface area contributed by atoms with Crippen LogP contribution in [0.2, 0.25) is 0 Å². The van der Waals surface area contributed by atoms with E-state index in [-0.39, 0.29) is 0 Å². The van der Waals surface area contributed by atoms with Crippen molar-refractivity contribution in [2.24, 2.45) is 0 Å². The molecule has 10 aromatic rings. The Hall–Kier alpha value is -6.85. The summed E-state index contributed by atoms with van der Waals surface area (Å²) >= 11 is 0. The molecule has 0 saturated carbocycles. The molecular weight excluding hydrogens is 709 g/mol. The lowest BCUT2D eigenvalue weighted by Gasteiger charge is -2.15. The van der Waals surface area contributed by atoms with Crippen LogP contribution in [0.15, 0.2) is 162 Å². The van der Waals surface area contributed by atoms with Crippen LogP contribution in [0.3, 0.4) is 0 Å². The molecule has 10 rings (SSSR count). The van der Waals surface area contributed by atoms with Crippen LogP contribution in [-0.2, 0) is 12.8 Å². The van der Waals surface area contributed by atoms with Crippen LogP contribution in [0.1, 0.15) is 50.7 Å². The van der Waals surface area contributed by atoms with E-state index in [1.165, 1.54) is 42.4 Å². The molecule has 5 heteroatoms. The fourth-order valence-corrected chi connectivity index (χ4v) is 8.40. The molecule has 58 heavy (non-hydrogen) atoms. The number of fused-ring (bicyclic) bond motifs is 7. The number of unbranched alkanes of at least 4 members (excludes halogenated alkanes) is 2. The number of furan rings is 1. The zero-order chi connectivity index (χ0) is 39.0. The van der Waals surface area contributed by atoms with E-state index in [1.807, 2.05) is 18.2 Å². The summed E-state index contributed by atoms with van der Waals surface area (Å²) in [4.78, 5) is 15.6. The van der Waals surface area contributed by atoms with Gasteiger partial charge in [0.05, 0.1) is 16.7 Å². The van der Waals surface area contributed by atoms with Crippen LogP contribution < -0.4 is 0 Å². The Bertz CT molecular complexity index is 3080. The van der Waals surface area contributed by atoms with Gasteiger partial charge in [0.25, 0.3) is 0 Å². The highest BCUT2D eigenvalue weighted by Crippen LogP contribution is 2.42. The fourth-order valence-electron chi connectivity index (χ4n) is 8.40. The van der Waals surface area contributed by atoms with Gasteiger partial charge in [-0.25, -0.2) is 15.0 Å². The largest absolute Gasteiger partial charge is 0.454 e. The molecule has 0 aliphatic rings. The summed E-state index contributed by atoms with van der Waals surface area (Å²) in [6.07, 6.45) is 6.89. The SMILES string of the molecule is CCCCc1ccc(-c2cccc(-c3nc(-c4ccccc4)nc(-c4ccccc4-n4c5ccccc5c5ccc6c7cc(CCCC)ccc7oc6c54)n3)c2)cc1. The van der Waals surface area contributed by atoms with Gasteiger partial charge in [0, 0.05) is 38.2 Å². The summed E-state index contributed by atoms with van der Waals surface area (Å²) in [5.74, 6) is 1.86. The zero-order valence-electron chi connectivity index (χ0n) is 33.0. The Kier molecular flexibility index (Phi) is 9.34. The lowest BCUT2D eigenvalue weighted by atomic mass is 10.00. The van der Waals surface area contributed by atoms with Crippen LogP contribution in [0.4, 0.5) is 0 Å². The van der Waals surface area contributed by atoms with Gasteiger partial charge >= 0.3 is 0 Å². The lowest BCUT2D eigenvalue weighted by molar-refractivity contribution is 0.670. The third kappa shape index (κ3) is 6.43.